The molecule has 1 aromatic heterocycles. The zero-order chi connectivity index (χ0) is 12.4. The Labute approximate surface area is 112 Å². The van der Waals surface area contributed by atoms with Crippen LogP contribution in [-0.4, -0.2) is 10.1 Å². The normalized spacial score (nSPS) is 12.7. The van der Waals surface area contributed by atoms with Crippen molar-refractivity contribution in [2.75, 3.05) is 0 Å². The predicted molar refractivity (Wildman–Crippen MR) is 68.9 cm³/mol. The van der Waals surface area contributed by atoms with Gasteiger partial charge in [0.1, 0.15) is 0 Å². The smallest absolute Gasteiger partial charge is 0.226 e. The molecule has 17 heavy (non-hydrogen) atoms. The topological polar surface area (TPSA) is 64.9 Å². The van der Waals surface area contributed by atoms with Crippen molar-refractivity contribution >= 4 is 27.5 Å². The van der Waals surface area contributed by atoms with Crippen LogP contribution in [0.4, 0.5) is 0 Å². The minimum atomic E-state index is -0.425. The molecule has 6 heteroatoms. The number of hydrogen-bond acceptors (Lipinski definition) is 4. The molecule has 90 valence electrons. The van der Waals surface area contributed by atoms with Crippen LogP contribution in [0.15, 0.2) is 27.2 Å². The highest BCUT2D eigenvalue weighted by Gasteiger charge is 2.18. The van der Waals surface area contributed by atoms with Crippen LogP contribution in [0.1, 0.15) is 30.2 Å². The maximum Gasteiger partial charge on any atom is 0.226 e. The minimum absolute atomic E-state index is 0.425. The molecule has 4 nitrogen and oxygen atoms in total. The van der Waals surface area contributed by atoms with Crippen molar-refractivity contribution in [1.82, 2.24) is 10.1 Å². The summed E-state index contributed by atoms with van der Waals surface area (Å²) in [6, 6.07) is 4.99. The molecule has 0 fully saturated rings. The zero-order valence-corrected chi connectivity index (χ0v) is 11.5. The Morgan fingerprint density at radius 3 is 2.88 bits per heavy atom. The molecule has 2 rings (SSSR count). The Balaban J connectivity index is 2.33. The van der Waals surface area contributed by atoms with E-state index in [9.17, 15) is 0 Å². The van der Waals surface area contributed by atoms with Gasteiger partial charge in [0.05, 0.1) is 6.04 Å². The molecular weight excluding hydrogens is 305 g/mol. The molecule has 0 bridgehead atoms. The van der Waals surface area contributed by atoms with E-state index in [1.165, 1.54) is 0 Å². The van der Waals surface area contributed by atoms with Crippen molar-refractivity contribution in [1.29, 1.82) is 0 Å². The molecule has 1 unspecified atom stereocenters. The van der Waals surface area contributed by atoms with Gasteiger partial charge in [-0.3, -0.25) is 0 Å². The summed E-state index contributed by atoms with van der Waals surface area (Å²) >= 11 is 9.29. The first kappa shape index (κ1) is 12.5. The van der Waals surface area contributed by atoms with Gasteiger partial charge in [0.2, 0.25) is 5.89 Å². The molecule has 1 atom stereocenters. The highest BCUT2D eigenvalue weighted by atomic mass is 79.9. The molecule has 0 amide bonds. The average molecular weight is 317 g/mol. The Bertz CT molecular complexity index is 529. The maximum atomic E-state index is 6.08. The summed E-state index contributed by atoms with van der Waals surface area (Å²) in [5, 5.41) is 4.51. The summed E-state index contributed by atoms with van der Waals surface area (Å²) in [6.07, 6.45) is 0.696. The molecule has 0 aliphatic rings. The van der Waals surface area contributed by atoms with Crippen molar-refractivity contribution in [3.8, 4) is 0 Å². The minimum Gasteiger partial charge on any atom is -0.339 e. The fraction of sp³-hybridized carbons (Fsp3) is 0.273. The second-order valence-corrected chi connectivity index (χ2v) is 4.83. The third-order valence-electron chi connectivity index (χ3n) is 2.36. The van der Waals surface area contributed by atoms with E-state index in [0.29, 0.717) is 23.2 Å². The van der Waals surface area contributed by atoms with Crippen molar-refractivity contribution < 1.29 is 4.52 Å². The number of nitrogens with two attached hydrogens (primary N) is 1. The monoisotopic (exact) mass is 315 g/mol. The van der Waals surface area contributed by atoms with Crippen LogP contribution in [0, 0.1) is 0 Å². The van der Waals surface area contributed by atoms with E-state index in [0.717, 1.165) is 10.0 Å². The van der Waals surface area contributed by atoms with Gasteiger partial charge in [-0.15, -0.1) is 0 Å². The standard InChI is InChI=1S/C11H11BrClN3O/c1-2-9-15-11(16-17-9)10(14)7-4-3-6(13)5-8(7)12/h3-5,10H,2,14H2,1H3. The SMILES string of the molecule is CCc1nc(C(N)c2ccc(Cl)cc2Br)no1. The predicted octanol–water partition coefficient (Wildman–Crippen LogP) is 3.10. The molecule has 0 saturated heterocycles. The van der Waals surface area contributed by atoms with E-state index in [1.807, 2.05) is 13.0 Å². The number of halogens is 2. The van der Waals surface area contributed by atoms with Crippen LogP contribution in [0.2, 0.25) is 5.02 Å². The third-order valence-corrected chi connectivity index (χ3v) is 3.28. The van der Waals surface area contributed by atoms with Gasteiger partial charge >= 0.3 is 0 Å². The Morgan fingerprint density at radius 1 is 1.53 bits per heavy atom. The third kappa shape index (κ3) is 2.68. The molecule has 0 aliphatic heterocycles. The number of aryl methyl sites for hydroxylation is 1. The lowest BCUT2D eigenvalue weighted by Crippen LogP contribution is -2.14. The van der Waals surface area contributed by atoms with Crippen LogP contribution in [0.3, 0.4) is 0 Å². The summed E-state index contributed by atoms with van der Waals surface area (Å²) in [7, 11) is 0. The Hall–Kier alpha value is -0.910. The van der Waals surface area contributed by atoms with E-state index >= 15 is 0 Å². The second-order valence-electron chi connectivity index (χ2n) is 3.54. The molecule has 1 aromatic carbocycles. The summed E-state index contributed by atoms with van der Waals surface area (Å²) in [5.74, 6) is 1.06. The fourth-order valence-corrected chi connectivity index (χ4v) is 2.36. The van der Waals surface area contributed by atoms with Crippen molar-refractivity contribution in [2.24, 2.45) is 5.73 Å². The van der Waals surface area contributed by atoms with Gasteiger partial charge in [-0.25, -0.2) is 0 Å². The average Bonchev–Trinajstić information content (AvgIpc) is 2.76. The van der Waals surface area contributed by atoms with E-state index in [-0.39, 0.29) is 0 Å². The lowest BCUT2D eigenvalue weighted by molar-refractivity contribution is 0.375. The van der Waals surface area contributed by atoms with Gasteiger partial charge in [0.15, 0.2) is 5.82 Å². The van der Waals surface area contributed by atoms with Crippen LogP contribution < -0.4 is 5.73 Å². The van der Waals surface area contributed by atoms with Gasteiger partial charge in [-0.1, -0.05) is 45.7 Å². The highest BCUT2D eigenvalue weighted by Crippen LogP contribution is 2.28. The number of aromatic nitrogens is 2. The zero-order valence-electron chi connectivity index (χ0n) is 9.15. The van der Waals surface area contributed by atoms with Crippen LogP contribution in [-0.2, 0) is 6.42 Å². The van der Waals surface area contributed by atoms with Crippen LogP contribution in [0.5, 0.6) is 0 Å². The number of benzene rings is 1. The van der Waals surface area contributed by atoms with Crippen LogP contribution >= 0.6 is 27.5 Å². The molecular formula is C11H11BrClN3O. The first-order valence-corrected chi connectivity index (χ1v) is 6.32. The maximum absolute atomic E-state index is 6.08. The van der Waals surface area contributed by atoms with Crippen molar-refractivity contribution in [3.05, 3.63) is 45.0 Å². The molecule has 0 spiro atoms. The molecule has 1 heterocycles. The lowest BCUT2D eigenvalue weighted by Gasteiger charge is -2.09. The quantitative estimate of drug-likeness (QED) is 0.945. The number of nitrogens with zero attached hydrogens (tertiary/aromatic N) is 2. The molecule has 0 saturated carbocycles. The molecule has 0 radical (unpaired) electrons. The lowest BCUT2D eigenvalue weighted by atomic mass is 10.1. The summed E-state index contributed by atoms with van der Waals surface area (Å²) in [5.41, 5.74) is 6.95. The fourth-order valence-electron chi connectivity index (χ4n) is 1.43. The van der Waals surface area contributed by atoms with Gasteiger partial charge in [0, 0.05) is 15.9 Å². The first-order valence-electron chi connectivity index (χ1n) is 5.14. The first-order chi connectivity index (χ1) is 8.11. The highest BCUT2D eigenvalue weighted by molar-refractivity contribution is 9.10. The summed E-state index contributed by atoms with van der Waals surface area (Å²) < 4.78 is 5.87. The Morgan fingerprint density at radius 2 is 2.29 bits per heavy atom. The number of hydrogen-bond donors (Lipinski definition) is 1. The summed E-state index contributed by atoms with van der Waals surface area (Å²) in [6.45, 7) is 1.95. The number of rotatable bonds is 3. The molecule has 0 aliphatic carbocycles. The van der Waals surface area contributed by atoms with Gasteiger partial charge in [-0.05, 0) is 17.7 Å². The van der Waals surface area contributed by atoms with Crippen molar-refractivity contribution in [3.63, 3.8) is 0 Å². The van der Waals surface area contributed by atoms with Crippen LogP contribution in [0.25, 0.3) is 0 Å². The molecule has 2 N–H and O–H groups in total. The van der Waals surface area contributed by atoms with Gasteiger partial charge < -0.3 is 10.3 Å². The van der Waals surface area contributed by atoms with E-state index in [1.54, 1.807) is 12.1 Å². The van der Waals surface area contributed by atoms with Gasteiger partial charge in [0.25, 0.3) is 0 Å². The summed E-state index contributed by atoms with van der Waals surface area (Å²) in [4.78, 5) is 4.21. The molecule has 2 aromatic rings. The Kier molecular flexibility index (Phi) is 3.81. The van der Waals surface area contributed by atoms with E-state index in [2.05, 4.69) is 26.1 Å². The largest absolute Gasteiger partial charge is 0.339 e. The van der Waals surface area contributed by atoms with Gasteiger partial charge in [-0.2, -0.15) is 4.98 Å². The second kappa shape index (κ2) is 5.16. The van der Waals surface area contributed by atoms with E-state index in [4.69, 9.17) is 21.9 Å². The van der Waals surface area contributed by atoms with E-state index < -0.39 is 6.04 Å². The van der Waals surface area contributed by atoms with Crippen molar-refractivity contribution in [2.45, 2.75) is 19.4 Å².